The highest BCUT2D eigenvalue weighted by Gasteiger charge is 2.20. The van der Waals surface area contributed by atoms with Crippen molar-refractivity contribution in [3.63, 3.8) is 0 Å². The summed E-state index contributed by atoms with van der Waals surface area (Å²) in [6.45, 7) is 3.94. The normalized spacial score (nSPS) is 13.2. The molecule has 0 amide bonds. The van der Waals surface area contributed by atoms with Crippen LogP contribution < -0.4 is 9.46 Å². The number of benzene rings is 1. The standard InChI is InChI=1S/C13H21NO5S/c1-4-19-13-6-5-12(7-10(13)2)20(16,17)14-11(8-15)9-18-3/h5-7,11,14-15H,4,8-9H2,1-3H3. The van der Waals surface area contributed by atoms with Crippen LogP contribution in [-0.2, 0) is 14.8 Å². The Bertz CT molecular complexity index is 530. The summed E-state index contributed by atoms with van der Waals surface area (Å²) >= 11 is 0. The maximum atomic E-state index is 12.2. The van der Waals surface area contributed by atoms with Crippen LogP contribution in [0.4, 0.5) is 0 Å². The number of hydrogen-bond donors (Lipinski definition) is 2. The molecule has 0 spiro atoms. The maximum Gasteiger partial charge on any atom is 0.240 e. The summed E-state index contributed by atoms with van der Waals surface area (Å²) in [5.41, 5.74) is 0.738. The number of aryl methyl sites for hydroxylation is 1. The fourth-order valence-corrected chi connectivity index (χ4v) is 3.02. The van der Waals surface area contributed by atoms with Crippen LogP contribution in [0.5, 0.6) is 5.75 Å². The summed E-state index contributed by atoms with van der Waals surface area (Å²) in [7, 11) is -2.25. The zero-order chi connectivity index (χ0) is 15.2. The number of rotatable bonds is 8. The highest BCUT2D eigenvalue weighted by atomic mass is 32.2. The second-order valence-corrected chi connectivity index (χ2v) is 6.03. The van der Waals surface area contributed by atoms with Crippen LogP contribution in [0.15, 0.2) is 23.1 Å². The van der Waals surface area contributed by atoms with E-state index in [-0.39, 0.29) is 18.1 Å². The molecule has 1 atom stereocenters. The van der Waals surface area contributed by atoms with Gasteiger partial charge in [0.25, 0.3) is 0 Å². The molecule has 6 nitrogen and oxygen atoms in total. The van der Waals surface area contributed by atoms with E-state index >= 15 is 0 Å². The van der Waals surface area contributed by atoms with E-state index in [0.29, 0.717) is 12.4 Å². The van der Waals surface area contributed by atoms with Crippen molar-refractivity contribution in [1.82, 2.24) is 4.72 Å². The largest absolute Gasteiger partial charge is 0.494 e. The van der Waals surface area contributed by atoms with Crippen molar-refractivity contribution >= 4 is 10.0 Å². The van der Waals surface area contributed by atoms with Gasteiger partial charge in [-0.25, -0.2) is 13.1 Å². The first-order valence-electron chi connectivity index (χ1n) is 6.30. The Hall–Kier alpha value is -1.15. The summed E-state index contributed by atoms with van der Waals surface area (Å²) in [5.74, 6) is 0.655. The van der Waals surface area contributed by atoms with Crippen LogP contribution >= 0.6 is 0 Å². The first-order valence-corrected chi connectivity index (χ1v) is 7.78. The lowest BCUT2D eigenvalue weighted by Gasteiger charge is -2.16. The quantitative estimate of drug-likeness (QED) is 0.737. The molecule has 0 radical (unpaired) electrons. The minimum Gasteiger partial charge on any atom is -0.494 e. The Balaban J connectivity index is 2.95. The molecule has 1 aromatic carbocycles. The van der Waals surface area contributed by atoms with Gasteiger partial charge in [-0.3, -0.25) is 0 Å². The van der Waals surface area contributed by atoms with Crippen molar-refractivity contribution in [2.24, 2.45) is 0 Å². The minimum absolute atomic E-state index is 0.103. The number of ether oxygens (including phenoxy) is 2. The molecule has 0 bridgehead atoms. The Morgan fingerprint density at radius 3 is 2.60 bits per heavy atom. The second-order valence-electron chi connectivity index (χ2n) is 4.32. The van der Waals surface area contributed by atoms with E-state index in [1.807, 2.05) is 6.92 Å². The van der Waals surface area contributed by atoms with Crippen molar-refractivity contribution in [3.05, 3.63) is 23.8 Å². The Morgan fingerprint density at radius 2 is 2.10 bits per heavy atom. The average molecular weight is 303 g/mol. The van der Waals surface area contributed by atoms with E-state index in [9.17, 15) is 8.42 Å². The van der Waals surface area contributed by atoms with Gasteiger partial charge in [0.1, 0.15) is 5.75 Å². The fraction of sp³-hybridized carbons (Fsp3) is 0.538. The molecule has 0 heterocycles. The van der Waals surface area contributed by atoms with Crippen molar-refractivity contribution in [1.29, 1.82) is 0 Å². The molecule has 114 valence electrons. The molecular formula is C13H21NO5S. The first kappa shape index (κ1) is 16.9. The van der Waals surface area contributed by atoms with Crippen molar-refractivity contribution in [3.8, 4) is 5.75 Å². The van der Waals surface area contributed by atoms with Gasteiger partial charge in [0.2, 0.25) is 10.0 Å². The van der Waals surface area contributed by atoms with Crippen LogP contribution in [0.1, 0.15) is 12.5 Å². The molecule has 0 aliphatic carbocycles. The first-order chi connectivity index (χ1) is 9.44. The molecule has 1 rings (SSSR count). The zero-order valence-electron chi connectivity index (χ0n) is 11.9. The number of sulfonamides is 1. The number of nitrogens with one attached hydrogen (secondary N) is 1. The van der Waals surface area contributed by atoms with Gasteiger partial charge < -0.3 is 14.6 Å². The van der Waals surface area contributed by atoms with Gasteiger partial charge >= 0.3 is 0 Å². The van der Waals surface area contributed by atoms with Crippen molar-refractivity contribution in [2.45, 2.75) is 24.8 Å². The number of aliphatic hydroxyl groups is 1. The molecule has 1 unspecified atom stereocenters. The monoisotopic (exact) mass is 303 g/mol. The highest BCUT2D eigenvalue weighted by Crippen LogP contribution is 2.21. The summed E-state index contributed by atoms with van der Waals surface area (Å²) in [5, 5.41) is 9.11. The molecule has 0 aliphatic heterocycles. The minimum atomic E-state index is -3.69. The third-order valence-electron chi connectivity index (χ3n) is 2.67. The fourth-order valence-electron chi connectivity index (χ4n) is 1.72. The Labute approximate surface area is 119 Å². The van der Waals surface area contributed by atoms with Crippen LogP contribution in [0.3, 0.4) is 0 Å². The number of hydrogen-bond acceptors (Lipinski definition) is 5. The molecule has 0 fully saturated rings. The Kier molecular flexibility index (Phi) is 6.41. The van der Waals surface area contributed by atoms with Gasteiger partial charge in [-0.05, 0) is 37.6 Å². The lowest BCUT2D eigenvalue weighted by molar-refractivity contribution is 0.139. The smallest absolute Gasteiger partial charge is 0.240 e. The summed E-state index contributed by atoms with van der Waals surface area (Å²) in [6, 6.07) is 3.96. The zero-order valence-corrected chi connectivity index (χ0v) is 12.7. The van der Waals surface area contributed by atoms with E-state index in [1.54, 1.807) is 13.0 Å². The van der Waals surface area contributed by atoms with E-state index in [0.717, 1.165) is 5.56 Å². The number of methoxy groups -OCH3 is 1. The Morgan fingerprint density at radius 1 is 1.40 bits per heavy atom. The van der Waals surface area contributed by atoms with Crippen molar-refractivity contribution < 1.29 is 23.0 Å². The molecular weight excluding hydrogens is 282 g/mol. The van der Waals surface area contributed by atoms with E-state index < -0.39 is 16.1 Å². The maximum absolute atomic E-state index is 12.2. The third kappa shape index (κ3) is 4.45. The van der Waals surface area contributed by atoms with Gasteiger partial charge in [-0.1, -0.05) is 0 Å². The summed E-state index contributed by atoms with van der Waals surface area (Å²) < 4.78 is 37.0. The molecule has 20 heavy (non-hydrogen) atoms. The molecule has 0 saturated carbocycles. The van der Waals surface area contributed by atoms with Gasteiger partial charge in [0.05, 0.1) is 30.8 Å². The molecule has 0 saturated heterocycles. The summed E-state index contributed by atoms with van der Waals surface area (Å²) in [6.07, 6.45) is 0. The van der Waals surface area contributed by atoms with Crippen LogP contribution in [0.25, 0.3) is 0 Å². The third-order valence-corrected chi connectivity index (χ3v) is 4.18. The molecule has 7 heteroatoms. The van der Waals surface area contributed by atoms with Crippen LogP contribution in [0, 0.1) is 6.92 Å². The predicted molar refractivity (Wildman–Crippen MR) is 75.4 cm³/mol. The van der Waals surface area contributed by atoms with Gasteiger partial charge in [0.15, 0.2) is 0 Å². The van der Waals surface area contributed by atoms with Crippen molar-refractivity contribution in [2.75, 3.05) is 26.9 Å². The molecule has 0 aliphatic rings. The van der Waals surface area contributed by atoms with Gasteiger partial charge in [-0.15, -0.1) is 0 Å². The SMILES string of the molecule is CCOc1ccc(S(=O)(=O)NC(CO)COC)cc1C. The van der Waals surface area contributed by atoms with Gasteiger partial charge in [0, 0.05) is 7.11 Å². The van der Waals surface area contributed by atoms with E-state index in [1.165, 1.54) is 19.2 Å². The van der Waals surface area contributed by atoms with Gasteiger partial charge in [-0.2, -0.15) is 0 Å². The predicted octanol–water partition coefficient (Wildman–Crippen LogP) is 0.679. The van der Waals surface area contributed by atoms with E-state index in [2.05, 4.69) is 4.72 Å². The second kappa shape index (κ2) is 7.58. The lowest BCUT2D eigenvalue weighted by Crippen LogP contribution is -2.40. The highest BCUT2D eigenvalue weighted by molar-refractivity contribution is 7.89. The average Bonchev–Trinajstić information content (AvgIpc) is 2.40. The molecule has 2 N–H and O–H groups in total. The van der Waals surface area contributed by atoms with E-state index in [4.69, 9.17) is 14.6 Å². The molecule has 0 aromatic heterocycles. The van der Waals surface area contributed by atoms with Crippen LogP contribution in [0.2, 0.25) is 0 Å². The number of aliphatic hydroxyl groups excluding tert-OH is 1. The lowest BCUT2D eigenvalue weighted by atomic mass is 10.2. The van der Waals surface area contributed by atoms with Crippen LogP contribution in [-0.4, -0.2) is 46.5 Å². The summed E-state index contributed by atoms with van der Waals surface area (Å²) in [4.78, 5) is 0.132. The topological polar surface area (TPSA) is 84.9 Å². The molecule has 1 aromatic rings.